The van der Waals surface area contributed by atoms with Crippen LogP contribution in [-0.2, 0) is 0 Å². The summed E-state index contributed by atoms with van der Waals surface area (Å²) in [4.78, 5) is 33.1. The molecule has 3 aromatic carbocycles. The molecule has 162 valence electrons. The molecule has 0 aliphatic rings. The molecule has 4 aromatic rings. The predicted molar refractivity (Wildman–Crippen MR) is 124 cm³/mol. The fourth-order valence-electron chi connectivity index (χ4n) is 3.76. The Morgan fingerprint density at radius 1 is 1.06 bits per heavy atom. The molecule has 1 atom stereocenters. The van der Waals surface area contributed by atoms with E-state index in [0.717, 1.165) is 0 Å². The maximum absolute atomic E-state index is 13.5. The highest BCUT2D eigenvalue weighted by molar-refractivity contribution is 6.30. The van der Waals surface area contributed by atoms with Crippen LogP contribution in [0.2, 0.25) is 5.02 Å². The second kappa shape index (κ2) is 8.93. The number of benzene rings is 3. The van der Waals surface area contributed by atoms with Crippen LogP contribution in [0.4, 0.5) is 4.39 Å². The zero-order valence-electron chi connectivity index (χ0n) is 17.6. The van der Waals surface area contributed by atoms with Crippen molar-refractivity contribution in [3.05, 3.63) is 105 Å². The smallest absolute Gasteiger partial charge is 0.266 e. The zero-order chi connectivity index (χ0) is 22.8. The Balaban J connectivity index is 1.88. The van der Waals surface area contributed by atoms with Gasteiger partial charge >= 0.3 is 0 Å². The minimum atomic E-state index is -0.537. The average Bonchev–Trinajstić information content (AvgIpc) is 2.80. The lowest BCUT2D eigenvalue weighted by molar-refractivity contribution is 0.0693. The van der Waals surface area contributed by atoms with Gasteiger partial charge in [-0.25, -0.2) is 9.37 Å². The fourth-order valence-corrected chi connectivity index (χ4v) is 3.89. The van der Waals surface area contributed by atoms with Gasteiger partial charge in [0.05, 0.1) is 22.6 Å². The Kier molecular flexibility index (Phi) is 6.06. The molecular formula is C25H21ClFN3O2. The molecule has 0 saturated heterocycles. The highest BCUT2D eigenvalue weighted by Crippen LogP contribution is 2.25. The molecule has 1 amide bonds. The number of carbonyl (C=O) groups excluding carboxylic acids is 1. The number of carbonyl (C=O) groups is 1. The van der Waals surface area contributed by atoms with Gasteiger partial charge in [0, 0.05) is 17.1 Å². The van der Waals surface area contributed by atoms with E-state index in [2.05, 4.69) is 0 Å². The molecule has 0 saturated carbocycles. The van der Waals surface area contributed by atoms with Gasteiger partial charge in [0.25, 0.3) is 11.5 Å². The normalized spacial score (nSPS) is 12.0. The Labute approximate surface area is 189 Å². The quantitative estimate of drug-likeness (QED) is 0.410. The number of rotatable bonds is 5. The Bertz CT molecular complexity index is 1330. The highest BCUT2D eigenvalue weighted by atomic mass is 35.5. The third-order valence-electron chi connectivity index (χ3n) is 5.42. The van der Waals surface area contributed by atoms with E-state index in [0.29, 0.717) is 39.5 Å². The number of halogens is 2. The molecule has 0 fully saturated rings. The van der Waals surface area contributed by atoms with Crippen LogP contribution in [0, 0.1) is 5.82 Å². The molecule has 0 radical (unpaired) electrons. The molecule has 1 heterocycles. The topological polar surface area (TPSA) is 55.2 Å². The van der Waals surface area contributed by atoms with Crippen LogP contribution in [0.3, 0.4) is 0 Å². The van der Waals surface area contributed by atoms with Crippen LogP contribution in [0.1, 0.15) is 36.1 Å². The summed E-state index contributed by atoms with van der Waals surface area (Å²) >= 11 is 6.05. The molecule has 4 rings (SSSR count). The number of fused-ring (bicyclic) bond motifs is 1. The number of aromatic nitrogens is 2. The molecule has 32 heavy (non-hydrogen) atoms. The molecule has 1 aromatic heterocycles. The molecule has 0 aliphatic heterocycles. The van der Waals surface area contributed by atoms with E-state index in [9.17, 15) is 14.0 Å². The van der Waals surface area contributed by atoms with Crippen molar-refractivity contribution in [3.63, 3.8) is 0 Å². The Morgan fingerprint density at radius 2 is 1.72 bits per heavy atom. The number of hydrogen-bond donors (Lipinski definition) is 0. The van der Waals surface area contributed by atoms with Crippen molar-refractivity contribution < 1.29 is 9.18 Å². The van der Waals surface area contributed by atoms with Gasteiger partial charge in [-0.2, -0.15) is 0 Å². The summed E-state index contributed by atoms with van der Waals surface area (Å²) in [5.74, 6) is -0.260. The summed E-state index contributed by atoms with van der Waals surface area (Å²) < 4.78 is 14.9. The van der Waals surface area contributed by atoms with Crippen molar-refractivity contribution in [1.82, 2.24) is 14.5 Å². The predicted octanol–water partition coefficient (Wildman–Crippen LogP) is 5.40. The summed E-state index contributed by atoms with van der Waals surface area (Å²) in [5.41, 5.74) is 1.28. The molecule has 1 unspecified atom stereocenters. The third-order valence-corrected chi connectivity index (χ3v) is 5.67. The monoisotopic (exact) mass is 449 g/mol. The number of amides is 1. The lowest BCUT2D eigenvalue weighted by Gasteiger charge is -2.29. The molecule has 0 aliphatic carbocycles. The summed E-state index contributed by atoms with van der Waals surface area (Å²) in [6.45, 7) is 4.05. The lowest BCUT2D eigenvalue weighted by atomic mass is 10.1. The van der Waals surface area contributed by atoms with Gasteiger partial charge in [-0.3, -0.25) is 14.2 Å². The van der Waals surface area contributed by atoms with Crippen LogP contribution in [0.25, 0.3) is 16.6 Å². The molecule has 5 nitrogen and oxygen atoms in total. The Morgan fingerprint density at radius 3 is 2.38 bits per heavy atom. The first-order chi connectivity index (χ1) is 15.4. The van der Waals surface area contributed by atoms with E-state index in [1.165, 1.54) is 28.8 Å². The average molecular weight is 450 g/mol. The van der Waals surface area contributed by atoms with E-state index in [4.69, 9.17) is 16.6 Å². The zero-order valence-corrected chi connectivity index (χ0v) is 18.4. The lowest BCUT2D eigenvalue weighted by Crippen LogP contribution is -2.37. The van der Waals surface area contributed by atoms with E-state index in [-0.39, 0.29) is 11.5 Å². The number of hydrogen-bond acceptors (Lipinski definition) is 3. The van der Waals surface area contributed by atoms with Crippen LogP contribution in [0.5, 0.6) is 0 Å². The Hall–Kier alpha value is -3.51. The van der Waals surface area contributed by atoms with Crippen molar-refractivity contribution in [1.29, 1.82) is 0 Å². The van der Waals surface area contributed by atoms with Crippen LogP contribution in [0.15, 0.2) is 77.6 Å². The highest BCUT2D eigenvalue weighted by Gasteiger charge is 2.26. The first-order valence-electron chi connectivity index (χ1n) is 10.2. The second-order valence-corrected chi connectivity index (χ2v) is 7.81. The van der Waals surface area contributed by atoms with Gasteiger partial charge in [-0.1, -0.05) is 23.7 Å². The fraction of sp³-hybridized carbons (Fsp3) is 0.160. The summed E-state index contributed by atoms with van der Waals surface area (Å²) in [5, 5.41) is 1.03. The maximum atomic E-state index is 13.5. The van der Waals surface area contributed by atoms with Crippen LogP contribution < -0.4 is 5.56 Å². The maximum Gasteiger partial charge on any atom is 0.266 e. The minimum absolute atomic E-state index is 0.231. The molecule has 0 N–H and O–H groups in total. The van der Waals surface area contributed by atoms with E-state index in [1.54, 1.807) is 47.4 Å². The van der Waals surface area contributed by atoms with E-state index in [1.807, 2.05) is 19.9 Å². The van der Waals surface area contributed by atoms with Crippen molar-refractivity contribution in [2.75, 3.05) is 6.54 Å². The largest absolute Gasteiger partial charge is 0.329 e. The van der Waals surface area contributed by atoms with Crippen molar-refractivity contribution >= 4 is 28.4 Å². The van der Waals surface area contributed by atoms with Gasteiger partial charge in [0.15, 0.2) is 0 Å². The SMILES string of the molecule is CCN(C(=O)c1ccc(F)cc1)C(C)c1nc2ccccc2c(=O)n1-c1ccc(Cl)cc1. The van der Waals surface area contributed by atoms with Crippen LogP contribution in [-0.4, -0.2) is 26.9 Å². The number of para-hydroxylation sites is 1. The van der Waals surface area contributed by atoms with Crippen molar-refractivity contribution in [2.24, 2.45) is 0 Å². The molecule has 7 heteroatoms. The molecular weight excluding hydrogens is 429 g/mol. The van der Waals surface area contributed by atoms with Gasteiger partial charge in [-0.05, 0) is 74.5 Å². The standard InChI is InChI=1S/C25H21ClFN3O2/c1-3-29(24(31)17-8-12-19(27)13-9-17)16(2)23-28-22-7-5-4-6-21(22)25(32)30(23)20-14-10-18(26)11-15-20/h4-16H,3H2,1-2H3. The van der Waals surface area contributed by atoms with Gasteiger partial charge in [0.2, 0.25) is 0 Å². The third kappa shape index (κ3) is 4.01. The summed E-state index contributed by atoms with van der Waals surface area (Å²) in [7, 11) is 0. The van der Waals surface area contributed by atoms with E-state index < -0.39 is 11.9 Å². The van der Waals surface area contributed by atoms with Gasteiger partial charge < -0.3 is 4.90 Å². The molecule has 0 spiro atoms. The number of nitrogens with zero attached hydrogens (tertiary/aromatic N) is 3. The summed E-state index contributed by atoms with van der Waals surface area (Å²) in [6, 6.07) is 18.9. The molecule has 0 bridgehead atoms. The van der Waals surface area contributed by atoms with Crippen LogP contribution >= 0.6 is 11.6 Å². The van der Waals surface area contributed by atoms with Crippen molar-refractivity contribution in [2.45, 2.75) is 19.9 Å². The van der Waals surface area contributed by atoms with Crippen molar-refractivity contribution in [3.8, 4) is 5.69 Å². The van der Waals surface area contributed by atoms with E-state index >= 15 is 0 Å². The first kappa shape index (κ1) is 21.7. The summed E-state index contributed by atoms with van der Waals surface area (Å²) in [6.07, 6.45) is 0. The van der Waals surface area contributed by atoms with Gasteiger partial charge in [0.1, 0.15) is 11.6 Å². The first-order valence-corrected chi connectivity index (χ1v) is 10.6. The minimum Gasteiger partial charge on any atom is -0.329 e. The second-order valence-electron chi connectivity index (χ2n) is 7.38. The van der Waals surface area contributed by atoms with Gasteiger partial charge in [-0.15, -0.1) is 0 Å².